The van der Waals surface area contributed by atoms with Gasteiger partial charge in [-0.25, -0.2) is 0 Å². The van der Waals surface area contributed by atoms with Crippen LogP contribution in [0.4, 0.5) is 0 Å². The summed E-state index contributed by atoms with van der Waals surface area (Å²) in [6.45, 7) is 11.7. The number of carbonyl (C=O) groups excluding carboxylic acids is 1. The van der Waals surface area contributed by atoms with Crippen molar-refractivity contribution >= 4 is 17.2 Å². The number of ether oxygens (including phenoxy) is 3. The monoisotopic (exact) mass is 461 g/mol. The van der Waals surface area contributed by atoms with Crippen LogP contribution >= 0.6 is 11.3 Å². The van der Waals surface area contributed by atoms with E-state index in [1.165, 1.54) is 5.56 Å². The van der Waals surface area contributed by atoms with E-state index in [1.54, 1.807) is 23.5 Å². The lowest BCUT2D eigenvalue weighted by Gasteiger charge is -2.38. The molecule has 32 heavy (non-hydrogen) atoms. The first-order valence-electron chi connectivity index (χ1n) is 11.4. The third-order valence-corrected chi connectivity index (χ3v) is 6.24. The summed E-state index contributed by atoms with van der Waals surface area (Å²) >= 11 is 1.69. The Labute approximate surface area is 195 Å². The van der Waals surface area contributed by atoms with Gasteiger partial charge in [-0.15, -0.1) is 0 Å². The van der Waals surface area contributed by atoms with Gasteiger partial charge < -0.3 is 24.4 Å². The largest absolute Gasteiger partial charge is 0.490 e. The number of nitrogens with zero attached hydrogens (tertiary/aromatic N) is 2. The summed E-state index contributed by atoms with van der Waals surface area (Å²) in [6.07, 6.45) is 0. The lowest BCUT2D eigenvalue weighted by atomic mass is 10.1. The van der Waals surface area contributed by atoms with Crippen molar-refractivity contribution in [2.24, 2.45) is 0 Å². The van der Waals surface area contributed by atoms with Crippen LogP contribution < -0.4 is 19.5 Å². The normalized spacial score (nSPS) is 15.9. The topological polar surface area (TPSA) is 63.3 Å². The number of piperazine rings is 1. The summed E-state index contributed by atoms with van der Waals surface area (Å²) in [5.41, 5.74) is 1.75. The lowest BCUT2D eigenvalue weighted by Crippen LogP contribution is -2.48. The molecule has 0 aliphatic carbocycles. The van der Waals surface area contributed by atoms with E-state index in [1.807, 2.05) is 20.8 Å². The molecule has 1 saturated heterocycles. The van der Waals surface area contributed by atoms with Crippen molar-refractivity contribution in [1.29, 1.82) is 0 Å². The molecule has 1 amide bonds. The van der Waals surface area contributed by atoms with Crippen molar-refractivity contribution in [2.45, 2.75) is 26.8 Å². The van der Waals surface area contributed by atoms with Crippen LogP contribution in [0.5, 0.6) is 17.2 Å². The fraction of sp³-hybridized carbons (Fsp3) is 0.542. The molecule has 1 aliphatic heterocycles. The van der Waals surface area contributed by atoms with Gasteiger partial charge >= 0.3 is 0 Å². The molecule has 0 spiro atoms. The van der Waals surface area contributed by atoms with Crippen LogP contribution in [0.1, 0.15) is 42.7 Å². The minimum atomic E-state index is -0.149. The van der Waals surface area contributed by atoms with Crippen molar-refractivity contribution < 1.29 is 19.0 Å². The molecule has 2 heterocycles. The van der Waals surface area contributed by atoms with Crippen LogP contribution in [0.25, 0.3) is 0 Å². The smallest absolute Gasteiger partial charge is 0.251 e. The molecule has 8 heteroatoms. The van der Waals surface area contributed by atoms with Crippen molar-refractivity contribution in [1.82, 2.24) is 15.1 Å². The van der Waals surface area contributed by atoms with Gasteiger partial charge in [-0.3, -0.25) is 9.69 Å². The Bertz CT molecular complexity index is 824. The van der Waals surface area contributed by atoms with Gasteiger partial charge in [-0.1, -0.05) is 0 Å². The molecule has 0 bridgehead atoms. The molecule has 1 aromatic carbocycles. The number of rotatable bonds is 11. The molecule has 1 unspecified atom stereocenters. The van der Waals surface area contributed by atoms with Crippen molar-refractivity contribution in [2.75, 3.05) is 59.6 Å². The third-order valence-electron chi connectivity index (χ3n) is 5.53. The van der Waals surface area contributed by atoms with Crippen LogP contribution in [0.3, 0.4) is 0 Å². The van der Waals surface area contributed by atoms with Gasteiger partial charge in [0.1, 0.15) is 0 Å². The maximum Gasteiger partial charge on any atom is 0.251 e. The summed E-state index contributed by atoms with van der Waals surface area (Å²) in [4.78, 5) is 17.9. The number of nitrogens with one attached hydrogen (secondary N) is 1. The highest BCUT2D eigenvalue weighted by atomic mass is 32.1. The molecule has 1 fully saturated rings. The van der Waals surface area contributed by atoms with E-state index in [9.17, 15) is 4.79 Å². The highest BCUT2D eigenvalue weighted by Gasteiger charge is 2.25. The molecular formula is C24H35N3O4S. The van der Waals surface area contributed by atoms with Gasteiger partial charge in [0.15, 0.2) is 11.5 Å². The van der Waals surface area contributed by atoms with Crippen LogP contribution in [0.15, 0.2) is 29.0 Å². The van der Waals surface area contributed by atoms with Gasteiger partial charge in [0.25, 0.3) is 5.91 Å². The standard InChI is InChI=1S/C24H35N3O4S/c1-5-29-21-14-19(15-22(30-6-2)23(21)31-7-3)24(28)25-16-20(18-8-13-32-17-18)27-11-9-26(4)10-12-27/h8,13-15,17,20H,5-7,9-12,16H2,1-4H3,(H,25,28). The second-order valence-electron chi connectivity index (χ2n) is 7.72. The van der Waals surface area contributed by atoms with Crippen molar-refractivity contribution in [3.63, 3.8) is 0 Å². The lowest BCUT2D eigenvalue weighted by molar-refractivity contribution is 0.0886. The van der Waals surface area contributed by atoms with Crippen LogP contribution in [-0.4, -0.2) is 75.3 Å². The summed E-state index contributed by atoms with van der Waals surface area (Å²) in [6, 6.07) is 5.78. The summed E-state index contributed by atoms with van der Waals surface area (Å²) in [5.74, 6) is 1.45. The zero-order chi connectivity index (χ0) is 22.9. The third kappa shape index (κ3) is 6.15. The molecule has 7 nitrogen and oxygen atoms in total. The molecule has 176 valence electrons. The Kier molecular flexibility index (Phi) is 9.20. The van der Waals surface area contributed by atoms with Gasteiger partial charge in [0.05, 0.1) is 25.9 Å². The Balaban J connectivity index is 1.78. The Morgan fingerprint density at radius 2 is 1.66 bits per heavy atom. The molecule has 1 N–H and O–H groups in total. The van der Waals surface area contributed by atoms with Crippen molar-refractivity contribution in [3.8, 4) is 17.2 Å². The predicted octanol–water partition coefficient (Wildman–Crippen LogP) is 3.66. The number of hydrogen-bond acceptors (Lipinski definition) is 7. The molecule has 1 aromatic heterocycles. The number of thiophene rings is 1. The molecule has 0 saturated carbocycles. The van der Waals surface area contributed by atoms with E-state index in [4.69, 9.17) is 14.2 Å². The molecule has 1 aliphatic rings. The summed E-state index contributed by atoms with van der Waals surface area (Å²) in [5, 5.41) is 7.41. The number of hydrogen-bond donors (Lipinski definition) is 1. The van der Waals surface area contributed by atoms with Gasteiger partial charge in [-0.05, 0) is 62.3 Å². The summed E-state index contributed by atoms with van der Waals surface area (Å²) < 4.78 is 17.3. The van der Waals surface area contributed by atoms with Crippen LogP contribution in [0, 0.1) is 0 Å². The quantitative estimate of drug-likeness (QED) is 0.551. The number of likely N-dealkylation sites (N-methyl/N-ethyl adjacent to an activating group) is 1. The first kappa shape index (κ1) is 24.4. The predicted molar refractivity (Wildman–Crippen MR) is 128 cm³/mol. The summed E-state index contributed by atoms with van der Waals surface area (Å²) in [7, 11) is 2.15. The molecular weight excluding hydrogens is 426 g/mol. The Hall–Kier alpha value is -2.29. The Morgan fingerprint density at radius 3 is 2.19 bits per heavy atom. The van der Waals surface area contributed by atoms with E-state index in [-0.39, 0.29) is 11.9 Å². The SMILES string of the molecule is CCOc1cc(C(=O)NCC(c2ccsc2)N2CCN(C)CC2)cc(OCC)c1OCC. The Morgan fingerprint density at radius 1 is 1.03 bits per heavy atom. The molecule has 1 atom stereocenters. The van der Waals surface area contributed by atoms with Gasteiger partial charge in [0, 0.05) is 38.3 Å². The number of carbonyl (C=O) groups is 1. The maximum atomic E-state index is 13.1. The maximum absolute atomic E-state index is 13.1. The highest BCUT2D eigenvalue weighted by molar-refractivity contribution is 7.08. The molecule has 3 rings (SSSR count). The average molecular weight is 462 g/mol. The second-order valence-corrected chi connectivity index (χ2v) is 8.50. The average Bonchev–Trinajstić information content (AvgIpc) is 3.32. The number of benzene rings is 1. The van der Waals surface area contributed by atoms with E-state index in [0.29, 0.717) is 49.2 Å². The van der Waals surface area contributed by atoms with E-state index < -0.39 is 0 Å². The zero-order valence-electron chi connectivity index (χ0n) is 19.6. The first-order valence-corrected chi connectivity index (χ1v) is 12.3. The van der Waals surface area contributed by atoms with E-state index in [2.05, 4.69) is 39.0 Å². The van der Waals surface area contributed by atoms with Crippen LogP contribution in [0.2, 0.25) is 0 Å². The highest BCUT2D eigenvalue weighted by Crippen LogP contribution is 2.39. The van der Waals surface area contributed by atoms with Crippen molar-refractivity contribution in [3.05, 3.63) is 40.1 Å². The first-order chi connectivity index (χ1) is 15.6. The zero-order valence-corrected chi connectivity index (χ0v) is 20.4. The van der Waals surface area contributed by atoms with E-state index in [0.717, 1.165) is 26.2 Å². The van der Waals surface area contributed by atoms with Gasteiger partial charge in [0.2, 0.25) is 5.75 Å². The van der Waals surface area contributed by atoms with Gasteiger partial charge in [-0.2, -0.15) is 11.3 Å². The minimum absolute atomic E-state index is 0.149. The fourth-order valence-electron chi connectivity index (χ4n) is 3.87. The second kappa shape index (κ2) is 12.1. The van der Waals surface area contributed by atoms with E-state index >= 15 is 0 Å². The molecule has 0 radical (unpaired) electrons. The molecule has 2 aromatic rings. The number of amides is 1. The van der Waals surface area contributed by atoms with Crippen LogP contribution in [-0.2, 0) is 0 Å². The fourth-order valence-corrected chi connectivity index (χ4v) is 4.57. The minimum Gasteiger partial charge on any atom is -0.490 e.